The van der Waals surface area contributed by atoms with Gasteiger partial charge < -0.3 is 15.0 Å². The van der Waals surface area contributed by atoms with Crippen molar-refractivity contribution in [2.24, 2.45) is 0 Å². The summed E-state index contributed by atoms with van der Waals surface area (Å²) in [5.74, 6) is -1.20. The van der Waals surface area contributed by atoms with E-state index in [-0.39, 0.29) is 33.0 Å². The molecule has 17 heteroatoms. The van der Waals surface area contributed by atoms with Gasteiger partial charge in [-0.15, -0.1) is 11.3 Å². The Morgan fingerprint density at radius 1 is 1.16 bits per heavy atom. The zero-order valence-electron chi connectivity index (χ0n) is 28.0. The van der Waals surface area contributed by atoms with Gasteiger partial charge in [0.2, 0.25) is 10.0 Å². The van der Waals surface area contributed by atoms with Crippen LogP contribution in [0.2, 0.25) is 0 Å². The number of aryl methyl sites for hydroxylation is 1. The van der Waals surface area contributed by atoms with Gasteiger partial charge in [-0.3, -0.25) is 9.80 Å². The highest BCUT2D eigenvalue weighted by molar-refractivity contribution is 7.88. The van der Waals surface area contributed by atoms with E-state index in [9.17, 15) is 36.8 Å². The van der Waals surface area contributed by atoms with Crippen molar-refractivity contribution >= 4 is 54.3 Å². The molecule has 0 spiro atoms. The number of likely N-dealkylation sites (tertiary alicyclic amines) is 1. The number of fused-ring (bicyclic) bond motifs is 2. The Morgan fingerprint density at radius 3 is 2.48 bits per heavy atom. The van der Waals surface area contributed by atoms with Crippen LogP contribution in [0.4, 0.5) is 19.0 Å². The molecule has 2 fully saturated rings. The molecular formula is C33H39F3N8O4S2. The molecule has 1 aromatic carbocycles. The highest BCUT2D eigenvalue weighted by Gasteiger charge is 2.34. The maximum absolute atomic E-state index is 13.2. The van der Waals surface area contributed by atoms with Gasteiger partial charge in [0.15, 0.2) is 0 Å². The molecule has 0 bridgehead atoms. The molecule has 0 radical (unpaired) electrons. The minimum atomic E-state index is -4.55. The van der Waals surface area contributed by atoms with Gasteiger partial charge in [0.25, 0.3) is 0 Å². The molecule has 0 unspecified atom stereocenters. The summed E-state index contributed by atoms with van der Waals surface area (Å²) < 4.78 is 67.0. The number of alkyl halides is 3. The first-order valence-corrected chi connectivity index (χ1v) is 19.1. The van der Waals surface area contributed by atoms with Crippen molar-refractivity contribution in [2.75, 3.05) is 50.8 Å². The smallest absolute Gasteiger partial charge is 0.393 e. The van der Waals surface area contributed by atoms with Crippen LogP contribution in [0, 0.1) is 18.3 Å². The van der Waals surface area contributed by atoms with Gasteiger partial charge >= 0.3 is 12.1 Å². The highest BCUT2D eigenvalue weighted by Crippen LogP contribution is 2.38. The zero-order valence-corrected chi connectivity index (χ0v) is 29.6. The lowest BCUT2D eigenvalue weighted by Crippen LogP contribution is -2.51. The highest BCUT2D eigenvalue weighted by atomic mass is 32.2. The van der Waals surface area contributed by atoms with Gasteiger partial charge in [0.1, 0.15) is 28.7 Å². The Morgan fingerprint density at radius 2 is 1.86 bits per heavy atom. The van der Waals surface area contributed by atoms with Gasteiger partial charge in [-0.05, 0) is 49.9 Å². The van der Waals surface area contributed by atoms with Crippen LogP contribution in [0.15, 0.2) is 24.5 Å². The molecular weight excluding hydrogens is 694 g/mol. The predicted molar refractivity (Wildman–Crippen MR) is 185 cm³/mol. The number of sulfonamides is 1. The Bertz CT molecular complexity index is 2060. The zero-order chi connectivity index (χ0) is 36.0. The summed E-state index contributed by atoms with van der Waals surface area (Å²) >= 11 is 0.731. The fourth-order valence-corrected chi connectivity index (χ4v) is 9.12. The standard InChI is InChI=1S/C33H39F3N8O4S2/c1-20(42-10-12-43(13-11-42)50(3,47)48)17-44-24(16-37)14-25-21(2)22(4-5-26(25)44)18-41-8-6-23(7-9-41)40-30-29-28(32(45)46)27(15-33(34,35)36)49-31(29)39-19-38-30/h4-5,14,19-20,23H,6-13,15,17-18H2,1-3H3,(H,45,46)(H,38,39,40)/t20-/m0/s1. The number of carbonyl (C=O) groups is 1. The largest absolute Gasteiger partial charge is 0.478 e. The van der Waals surface area contributed by atoms with Crippen LogP contribution in [0.25, 0.3) is 21.1 Å². The molecule has 1 atom stereocenters. The second kappa shape index (κ2) is 14.1. The lowest BCUT2D eigenvalue weighted by Gasteiger charge is -2.37. The van der Waals surface area contributed by atoms with Gasteiger partial charge in [0.05, 0.1) is 23.6 Å². The van der Waals surface area contributed by atoms with Crippen molar-refractivity contribution in [1.29, 1.82) is 5.26 Å². The third kappa shape index (κ3) is 7.59. The van der Waals surface area contributed by atoms with Crippen LogP contribution in [-0.2, 0) is 29.5 Å². The summed E-state index contributed by atoms with van der Waals surface area (Å²) in [6.07, 6.45) is -1.97. The Kier molecular flexibility index (Phi) is 10.1. The molecule has 3 aromatic heterocycles. The van der Waals surface area contributed by atoms with Crippen molar-refractivity contribution in [1.82, 2.24) is 28.6 Å². The number of carboxylic acid groups (broad SMARTS) is 1. The summed E-state index contributed by atoms with van der Waals surface area (Å²) in [4.78, 5) is 24.9. The molecule has 0 saturated carbocycles. The van der Waals surface area contributed by atoms with Crippen LogP contribution >= 0.6 is 11.3 Å². The quantitative estimate of drug-likeness (QED) is 0.236. The first-order valence-electron chi connectivity index (χ1n) is 16.4. The van der Waals surface area contributed by atoms with E-state index in [0.717, 1.165) is 59.3 Å². The van der Waals surface area contributed by atoms with E-state index in [2.05, 4.69) is 61.7 Å². The average Bonchev–Trinajstić information content (AvgIpc) is 3.60. The fourth-order valence-electron chi connectivity index (χ4n) is 7.13. The number of hydrogen-bond acceptors (Lipinski definition) is 10. The van der Waals surface area contributed by atoms with Crippen LogP contribution in [-0.4, -0.2) is 112 Å². The number of aromatic nitrogens is 3. The molecule has 2 aliphatic heterocycles. The Balaban J connectivity index is 1.11. The molecule has 5 heterocycles. The van der Waals surface area contributed by atoms with Crippen molar-refractivity contribution < 1.29 is 31.5 Å². The van der Waals surface area contributed by atoms with E-state index < -0.39 is 34.2 Å². The summed E-state index contributed by atoms with van der Waals surface area (Å²) in [7, 11) is -3.21. The number of nitrogens with one attached hydrogen (secondary N) is 1. The van der Waals surface area contributed by atoms with Crippen LogP contribution in [0.3, 0.4) is 0 Å². The van der Waals surface area contributed by atoms with Crippen LogP contribution < -0.4 is 5.32 Å². The molecule has 0 aliphatic carbocycles. The number of rotatable bonds is 10. The molecule has 2 saturated heterocycles. The van der Waals surface area contributed by atoms with E-state index >= 15 is 0 Å². The lowest BCUT2D eigenvalue weighted by atomic mass is 10.0. The number of carboxylic acids is 1. The van der Waals surface area contributed by atoms with Crippen molar-refractivity contribution in [3.8, 4) is 6.07 Å². The second-order valence-corrected chi connectivity index (χ2v) is 16.2. The molecule has 0 amide bonds. The molecule has 268 valence electrons. The number of halogens is 3. The fraction of sp³-hybridized carbons (Fsp3) is 0.515. The van der Waals surface area contributed by atoms with E-state index in [1.54, 1.807) is 0 Å². The second-order valence-electron chi connectivity index (χ2n) is 13.2. The number of aromatic carboxylic acids is 1. The normalized spacial score (nSPS) is 18.1. The van der Waals surface area contributed by atoms with Crippen molar-refractivity contribution in [2.45, 2.75) is 64.5 Å². The number of nitriles is 1. The minimum absolute atomic E-state index is 0.0518. The van der Waals surface area contributed by atoms with Crippen LogP contribution in [0.5, 0.6) is 0 Å². The van der Waals surface area contributed by atoms with Gasteiger partial charge in [-0.2, -0.15) is 22.7 Å². The summed E-state index contributed by atoms with van der Waals surface area (Å²) in [5.41, 5.74) is 3.41. The number of piperazine rings is 1. The van der Waals surface area contributed by atoms with Gasteiger partial charge in [-0.1, -0.05) is 6.07 Å². The molecule has 2 aliphatic rings. The predicted octanol–water partition coefficient (Wildman–Crippen LogP) is 4.67. The summed E-state index contributed by atoms with van der Waals surface area (Å²) in [6.45, 7) is 9.14. The monoisotopic (exact) mass is 732 g/mol. The molecule has 6 rings (SSSR count). The average molecular weight is 733 g/mol. The molecule has 2 N–H and O–H groups in total. The number of anilines is 1. The maximum atomic E-state index is 13.2. The van der Waals surface area contributed by atoms with E-state index in [1.165, 1.54) is 16.9 Å². The third-order valence-corrected chi connectivity index (χ3v) is 12.3. The number of benzene rings is 1. The SMILES string of the molecule is Cc1c(CN2CCC(Nc3ncnc4sc(CC(F)(F)F)c(C(=O)O)c34)CC2)ccc2c1cc(C#N)n2C[C@H](C)N1CCN(S(C)(=O)=O)CC1. The first kappa shape index (κ1) is 36.0. The van der Waals surface area contributed by atoms with Crippen molar-refractivity contribution in [3.05, 3.63) is 51.8 Å². The number of thiophene rings is 1. The topological polar surface area (TPSA) is 148 Å². The maximum Gasteiger partial charge on any atom is 0.393 e. The summed E-state index contributed by atoms with van der Waals surface area (Å²) in [5, 5.41) is 24.3. The third-order valence-electron chi connectivity index (χ3n) is 9.85. The molecule has 12 nitrogen and oxygen atoms in total. The van der Waals surface area contributed by atoms with Gasteiger partial charge in [-0.25, -0.2) is 23.2 Å². The Hall–Kier alpha value is -3.82. The Labute approximate surface area is 292 Å². The summed E-state index contributed by atoms with van der Waals surface area (Å²) in [6, 6.07) is 8.52. The number of hydrogen-bond donors (Lipinski definition) is 2. The van der Waals surface area contributed by atoms with E-state index in [1.807, 2.05) is 6.07 Å². The first-order chi connectivity index (χ1) is 23.6. The van der Waals surface area contributed by atoms with Crippen LogP contribution in [0.1, 0.15) is 51.8 Å². The number of nitrogens with zero attached hydrogens (tertiary/aromatic N) is 7. The minimum Gasteiger partial charge on any atom is -0.478 e. The number of piperidine rings is 1. The lowest BCUT2D eigenvalue weighted by molar-refractivity contribution is -0.126. The molecule has 50 heavy (non-hydrogen) atoms. The van der Waals surface area contributed by atoms with Gasteiger partial charge in [0, 0.05) is 80.2 Å². The van der Waals surface area contributed by atoms with E-state index in [4.69, 9.17) is 0 Å². The van der Waals surface area contributed by atoms with Crippen molar-refractivity contribution in [3.63, 3.8) is 0 Å². The van der Waals surface area contributed by atoms with E-state index in [0.29, 0.717) is 45.0 Å². The molecule has 4 aromatic rings.